The molecule has 0 bridgehead atoms. The number of ether oxygens (including phenoxy) is 1. The molecule has 0 rings (SSSR count). The Morgan fingerprint density at radius 2 is 2.57 bits per heavy atom. The minimum atomic E-state index is 0.548. The van der Waals surface area contributed by atoms with Crippen molar-refractivity contribution in [2.45, 2.75) is 0 Å². The van der Waals surface area contributed by atoms with E-state index in [9.17, 15) is 0 Å². The topological polar surface area (TPSA) is 35.2 Å². The van der Waals surface area contributed by atoms with Gasteiger partial charge in [-0.1, -0.05) is 0 Å². The molecule has 0 fully saturated rings. The average Bonchev–Trinajstić information content (AvgIpc) is 1.68. The molecule has 0 aromatic rings. The molecule has 0 aliphatic rings. The molecule has 0 saturated heterocycles. The molecule has 0 heterocycles. The predicted molar refractivity (Wildman–Crippen MR) is 38.2 cm³/mol. The largest absolute Gasteiger partial charge is 0.491 e. The Bertz CT molecular complexity index is 72.1. The van der Waals surface area contributed by atoms with Crippen LogP contribution in [0, 0.1) is 0 Å². The molecule has 2 nitrogen and oxygen atoms in total. The Balaban J connectivity index is 3.29. The van der Waals surface area contributed by atoms with Crippen molar-refractivity contribution < 1.29 is 4.74 Å². The summed E-state index contributed by atoms with van der Waals surface area (Å²) < 4.78 is 5.61. The fourth-order valence-electron chi connectivity index (χ4n) is 0.176. The number of nitrogens with two attached hydrogens (primary N) is 1. The van der Waals surface area contributed by atoms with E-state index in [1.54, 1.807) is 13.2 Å². The van der Waals surface area contributed by atoms with Crippen LogP contribution in [-0.2, 0) is 4.74 Å². The van der Waals surface area contributed by atoms with Crippen molar-refractivity contribution in [1.82, 2.24) is 0 Å². The molecule has 0 aromatic carbocycles. The maximum absolute atomic E-state index is 5.14. The standard InChI is InChI=1S/C4H8INO/c1-7-4(5)2-3-6/h2H,3,6H2,1H3/b4-2+. The summed E-state index contributed by atoms with van der Waals surface area (Å²) >= 11 is 2.06. The molecule has 0 unspecified atom stereocenters. The summed E-state index contributed by atoms with van der Waals surface area (Å²) in [5.74, 6) is 0. The molecular weight excluding hydrogens is 205 g/mol. The van der Waals surface area contributed by atoms with Crippen molar-refractivity contribution in [3.63, 3.8) is 0 Å². The summed E-state index contributed by atoms with van der Waals surface area (Å²) in [6, 6.07) is 0. The second kappa shape index (κ2) is 4.39. The van der Waals surface area contributed by atoms with Gasteiger partial charge in [0.15, 0.2) is 3.77 Å². The lowest BCUT2D eigenvalue weighted by Gasteiger charge is -1.91. The third kappa shape index (κ3) is 4.08. The van der Waals surface area contributed by atoms with Crippen molar-refractivity contribution in [3.05, 3.63) is 9.84 Å². The normalized spacial score (nSPS) is 11.6. The van der Waals surface area contributed by atoms with E-state index in [0.29, 0.717) is 6.54 Å². The highest BCUT2D eigenvalue weighted by molar-refractivity contribution is 14.1. The van der Waals surface area contributed by atoms with E-state index in [1.165, 1.54) is 0 Å². The van der Waals surface area contributed by atoms with Crippen LogP contribution in [0.2, 0.25) is 0 Å². The van der Waals surface area contributed by atoms with Crippen LogP contribution in [0.4, 0.5) is 0 Å². The van der Waals surface area contributed by atoms with Crippen molar-refractivity contribution in [2.24, 2.45) is 5.73 Å². The van der Waals surface area contributed by atoms with Gasteiger partial charge < -0.3 is 10.5 Å². The van der Waals surface area contributed by atoms with E-state index < -0.39 is 0 Å². The summed E-state index contributed by atoms with van der Waals surface area (Å²) in [6.07, 6.45) is 1.81. The maximum atomic E-state index is 5.14. The van der Waals surface area contributed by atoms with Gasteiger partial charge in [0.05, 0.1) is 7.11 Å². The Morgan fingerprint density at radius 1 is 2.00 bits per heavy atom. The van der Waals surface area contributed by atoms with Gasteiger partial charge in [-0.2, -0.15) is 0 Å². The van der Waals surface area contributed by atoms with Gasteiger partial charge in [0.1, 0.15) is 0 Å². The van der Waals surface area contributed by atoms with Gasteiger partial charge in [-0.3, -0.25) is 0 Å². The maximum Gasteiger partial charge on any atom is 0.153 e. The fraction of sp³-hybridized carbons (Fsp3) is 0.500. The molecule has 0 spiro atoms. The van der Waals surface area contributed by atoms with Gasteiger partial charge >= 0.3 is 0 Å². The lowest BCUT2D eigenvalue weighted by molar-refractivity contribution is 0.330. The first-order chi connectivity index (χ1) is 3.31. The van der Waals surface area contributed by atoms with Crippen LogP contribution in [0.3, 0.4) is 0 Å². The van der Waals surface area contributed by atoms with E-state index in [4.69, 9.17) is 10.5 Å². The summed E-state index contributed by atoms with van der Waals surface area (Å²) in [5, 5.41) is 0. The van der Waals surface area contributed by atoms with Crippen molar-refractivity contribution >= 4 is 22.6 Å². The van der Waals surface area contributed by atoms with Gasteiger partial charge in [-0.15, -0.1) is 0 Å². The molecule has 0 aliphatic carbocycles. The molecular formula is C4H8INO. The second-order valence-corrected chi connectivity index (χ2v) is 2.01. The van der Waals surface area contributed by atoms with E-state index in [-0.39, 0.29) is 0 Å². The fourth-order valence-corrected chi connectivity index (χ4v) is 0.430. The molecule has 2 N–H and O–H groups in total. The van der Waals surface area contributed by atoms with Crippen LogP contribution in [0.5, 0.6) is 0 Å². The van der Waals surface area contributed by atoms with Crippen LogP contribution in [0.25, 0.3) is 0 Å². The lowest BCUT2D eigenvalue weighted by Crippen LogP contribution is -1.93. The highest BCUT2D eigenvalue weighted by Gasteiger charge is 1.79. The molecule has 0 aliphatic heterocycles. The van der Waals surface area contributed by atoms with Crippen molar-refractivity contribution in [3.8, 4) is 0 Å². The van der Waals surface area contributed by atoms with Gasteiger partial charge in [-0.25, -0.2) is 0 Å². The zero-order valence-electron chi connectivity index (χ0n) is 4.15. The van der Waals surface area contributed by atoms with Gasteiger partial charge in [0.2, 0.25) is 0 Å². The van der Waals surface area contributed by atoms with E-state index in [1.807, 2.05) is 0 Å². The Labute approximate surface area is 56.9 Å². The minimum Gasteiger partial charge on any atom is -0.491 e. The summed E-state index contributed by atoms with van der Waals surface area (Å²) in [7, 11) is 1.62. The molecule has 7 heavy (non-hydrogen) atoms. The third-order valence-electron chi connectivity index (χ3n) is 0.473. The van der Waals surface area contributed by atoms with Gasteiger partial charge in [0.25, 0.3) is 0 Å². The highest BCUT2D eigenvalue weighted by atomic mass is 127. The van der Waals surface area contributed by atoms with Gasteiger partial charge in [0, 0.05) is 6.54 Å². The molecule has 0 aromatic heterocycles. The van der Waals surface area contributed by atoms with Gasteiger partial charge in [-0.05, 0) is 28.7 Å². The summed E-state index contributed by atoms with van der Waals surface area (Å²) in [4.78, 5) is 0. The predicted octanol–water partition coefficient (Wildman–Crippen LogP) is 0.868. The van der Waals surface area contributed by atoms with E-state index >= 15 is 0 Å². The lowest BCUT2D eigenvalue weighted by atomic mass is 10.6. The Kier molecular flexibility index (Phi) is 4.53. The van der Waals surface area contributed by atoms with Crippen molar-refractivity contribution in [2.75, 3.05) is 13.7 Å². The summed E-state index contributed by atoms with van der Waals surface area (Å²) in [5.41, 5.74) is 5.14. The number of hydrogen-bond donors (Lipinski definition) is 1. The number of hydrogen-bond acceptors (Lipinski definition) is 2. The molecule has 0 saturated carbocycles. The monoisotopic (exact) mass is 213 g/mol. The zero-order chi connectivity index (χ0) is 5.70. The zero-order valence-corrected chi connectivity index (χ0v) is 6.31. The summed E-state index contributed by atoms with van der Waals surface area (Å²) in [6.45, 7) is 0.548. The third-order valence-corrected chi connectivity index (χ3v) is 1.35. The van der Waals surface area contributed by atoms with Crippen LogP contribution >= 0.6 is 22.6 Å². The Hall–Kier alpha value is 0.230. The second-order valence-electron chi connectivity index (χ2n) is 0.948. The molecule has 0 radical (unpaired) electrons. The SMILES string of the molecule is CO/C(I)=C/CN. The first-order valence-corrected chi connectivity index (χ1v) is 2.99. The molecule has 0 atom stereocenters. The smallest absolute Gasteiger partial charge is 0.153 e. The quantitative estimate of drug-likeness (QED) is 0.545. The molecule has 3 heteroatoms. The van der Waals surface area contributed by atoms with E-state index in [2.05, 4.69) is 22.6 Å². The van der Waals surface area contributed by atoms with Crippen LogP contribution in [-0.4, -0.2) is 13.7 Å². The number of methoxy groups -OCH3 is 1. The minimum absolute atomic E-state index is 0.548. The first-order valence-electron chi connectivity index (χ1n) is 1.91. The highest BCUT2D eigenvalue weighted by Crippen LogP contribution is 2.02. The number of rotatable bonds is 2. The molecule has 42 valence electrons. The van der Waals surface area contributed by atoms with Crippen LogP contribution in [0.1, 0.15) is 0 Å². The van der Waals surface area contributed by atoms with Crippen LogP contribution in [0.15, 0.2) is 9.84 Å². The number of halogens is 1. The van der Waals surface area contributed by atoms with Crippen LogP contribution < -0.4 is 5.73 Å². The average molecular weight is 213 g/mol. The molecule has 0 amide bonds. The Morgan fingerprint density at radius 3 is 2.71 bits per heavy atom. The van der Waals surface area contributed by atoms with Crippen molar-refractivity contribution in [1.29, 1.82) is 0 Å². The van der Waals surface area contributed by atoms with E-state index in [0.717, 1.165) is 3.77 Å². The first kappa shape index (κ1) is 7.23.